The van der Waals surface area contributed by atoms with E-state index in [9.17, 15) is 9.59 Å². The van der Waals surface area contributed by atoms with Crippen molar-refractivity contribution in [2.75, 3.05) is 17.7 Å². The molecule has 1 amide bonds. The smallest absolute Gasteiger partial charge is 0.341 e. The molecule has 3 aromatic rings. The molecule has 1 aliphatic rings. The first-order valence-corrected chi connectivity index (χ1v) is 11.5. The van der Waals surface area contributed by atoms with E-state index in [4.69, 9.17) is 4.74 Å². The zero-order chi connectivity index (χ0) is 20.9. The summed E-state index contributed by atoms with van der Waals surface area (Å²) in [6.07, 6.45) is 5.60. The highest BCUT2D eigenvalue weighted by Crippen LogP contribution is 2.38. The first-order valence-electron chi connectivity index (χ1n) is 9.73. The first-order chi connectivity index (χ1) is 14.7. The van der Waals surface area contributed by atoms with Gasteiger partial charge in [0.15, 0.2) is 5.82 Å². The Morgan fingerprint density at radius 1 is 1.30 bits per heavy atom. The first kappa shape index (κ1) is 20.5. The van der Waals surface area contributed by atoms with E-state index < -0.39 is 0 Å². The molecule has 8 nitrogen and oxygen atoms in total. The minimum Gasteiger partial charge on any atom is -0.462 e. The molecule has 30 heavy (non-hydrogen) atoms. The van der Waals surface area contributed by atoms with Crippen LogP contribution in [0, 0.1) is 0 Å². The number of fused-ring (bicyclic) bond motifs is 1. The average molecular weight is 444 g/mol. The predicted molar refractivity (Wildman–Crippen MR) is 116 cm³/mol. The number of thiophene rings is 1. The molecular formula is C20H21N5O3S2. The second-order valence-electron chi connectivity index (χ2n) is 6.65. The lowest BCUT2D eigenvalue weighted by atomic mass is 9.95. The van der Waals surface area contributed by atoms with Crippen molar-refractivity contribution in [2.24, 2.45) is 0 Å². The molecule has 0 fully saturated rings. The van der Waals surface area contributed by atoms with E-state index in [0.717, 1.165) is 31.2 Å². The molecule has 0 spiro atoms. The number of nitrogens with zero attached hydrogens (tertiary/aromatic N) is 3. The van der Waals surface area contributed by atoms with Gasteiger partial charge in [0.2, 0.25) is 11.1 Å². The number of rotatable bonds is 7. The summed E-state index contributed by atoms with van der Waals surface area (Å²) < 4.78 is 5.23. The number of pyridine rings is 1. The van der Waals surface area contributed by atoms with E-state index in [1.54, 1.807) is 13.1 Å². The van der Waals surface area contributed by atoms with Gasteiger partial charge in [0, 0.05) is 11.1 Å². The molecule has 3 aromatic heterocycles. The third-order valence-electron chi connectivity index (χ3n) is 4.61. The van der Waals surface area contributed by atoms with Crippen LogP contribution in [0.25, 0.3) is 11.5 Å². The van der Waals surface area contributed by atoms with Crippen LogP contribution >= 0.6 is 23.1 Å². The number of hydrogen-bond donors (Lipinski definition) is 2. The summed E-state index contributed by atoms with van der Waals surface area (Å²) in [5, 5.41) is 10.9. The molecule has 0 saturated heterocycles. The van der Waals surface area contributed by atoms with Gasteiger partial charge in [-0.1, -0.05) is 17.8 Å². The van der Waals surface area contributed by atoms with E-state index in [-0.39, 0.29) is 17.6 Å². The number of esters is 1. The molecule has 2 N–H and O–H groups in total. The summed E-state index contributed by atoms with van der Waals surface area (Å²) in [4.78, 5) is 34.8. The van der Waals surface area contributed by atoms with Gasteiger partial charge >= 0.3 is 5.97 Å². The molecule has 0 bridgehead atoms. The number of ether oxygens (including phenoxy) is 1. The number of amides is 1. The van der Waals surface area contributed by atoms with Gasteiger partial charge in [0.05, 0.1) is 17.9 Å². The summed E-state index contributed by atoms with van der Waals surface area (Å²) in [5.74, 6) is 0.0980. The molecule has 0 radical (unpaired) electrons. The quantitative estimate of drug-likeness (QED) is 0.423. The van der Waals surface area contributed by atoms with E-state index in [1.165, 1.54) is 28.0 Å². The summed E-state index contributed by atoms with van der Waals surface area (Å²) in [6, 6.07) is 5.52. The fourth-order valence-corrected chi connectivity index (χ4v) is 5.19. The Morgan fingerprint density at radius 3 is 2.97 bits per heavy atom. The molecule has 0 saturated carbocycles. The van der Waals surface area contributed by atoms with Crippen molar-refractivity contribution in [3.63, 3.8) is 0 Å². The lowest BCUT2D eigenvalue weighted by Gasteiger charge is -2.12. The Bertz CT molecular complexity index is 1050. The van der Waals surface area contributed by atoms with Crippen LogP contribution in [-0.2, 0) is 22.4 Å². The highest BCUT2D eigenvalue weighted by atomic mass is 32.2. The summed E-state index contributed by atoms with van der Waals surface area (Å²) in [7, 11) is 0. The van der Waals surface area contributed by atoms with Gasteiger partial charge in [-0.2, -0.15) is 4.98 Å². The van der Waals surface area contributed by atoms with Crippen LogP contribution in [0.5, 0.6) is 0 Å². The Kier molecular flexibility index (Phi) is 6.44. The number of nitrogens with one attached hydrogen (secondary N) is 2. The van der Waals surface area contributed by atoms with Crippen LogP contribution in [0.2, 0.25) is 0 Å². The van der Waals surface area contributed by atoms with Crippen LogP contribution in [-0.4, -0.2) is 44.4 Å². The molecule has 0 atom stereocenters. The molecule has 4 rings (SSSR count). The summed E-state index contributed by atoms with van der Waals surface area (Å²) >= 11 is 2.70. The molecular weight excluding hydrogens is 422 g/mol. The number of H-pyrrole nitrogens is 1. The zero-order valence-electron chi connectivity index (χ0n) is 16.4. The Morgan fingerprint density at radius 2 is 2.17 bits per heavy atom. The van der Waals surface area contributed by atoms with Gasteiger partial charge in [0.1, 0.15) is 10.7 Å². The van der Waals surface area contributed by atoms with Gasteiger partial charge in [-0.3, -0.25) is 14.9 Å². The van der Waals surface area contributed by atoms with Crippen molar-refractivity contribution in [3.8, 4) is 11.5 Å². The number of anilines is 1. The SMILES string of the molecule is CCOC(=O)c1c(NC(=O)CSc2n[nH]c(-c3ccccn3)n2)sc2c1CCCC2. The van der Waals surface area contributed by atoms with Gasteiger partial charge in [0.25, 0.3) is 0 Å². The van der Waals surface area contributed by atoms with Gasteiger partial charge in [-0.05, 0) is 50.3 Å². The molecule has 1 aliphatic carbocycles. The number of thioether (sulfide) groups is 1. The van der Waals surface area contributed by atoms with E-state index in [1.807, 2.05) is 18.2 Å². The number of carbonyl (C=O) groups excluding carboxylic acids is 2. The minimum atomic E-state index is -0.367. The van der Waals surface area contributed by atoms with Crippen LogP contribution in [0.15, 0.2) is 29.6 Å². The number of aryl methyl sites for hydroxylation is 1. The maximum Gasteiger partial charge on any atom is 0.341 e. The van der Waals surface area contributed by atoms with Gasteiger partial charge in [-0.25, -0.2) is 4.79 Å². The second kappa shape index (κ2) is 9.40. The van der Waals surface area contributed by atoms with Gasteiger partial charge in [-0.15, -0.1) is 16.4 Å². The van der Waals surface area contributed by atoms with Crippen molar-refractivity contribution in [2.45, 2.75) is 37.8 Å². The number of carbonyl (C=O) groups is 2. The van der Waals surface area contributed by atoms with E-state index in [2.05, 4.69) is 25.5 Å². The summed E-state index contributed by atoms with van der Waals surface area (Å²) in [6.45, 7) is 2.08. The van der Waals surface area contributed by atoms with Gasteiger partial charge < -0.3 is 10.1 Å². The topological polar surface area (TPSA) is 110 Å². The van der Waals surface area contributed by atoms with Crippen molar-refractivity contribution in [1.29, 1.82) is 0 Å². The Balaban J connectivity index is 1.43. The van der Waals surface area contributed by atoms with Crippen LogP contribution < -0.4 is 5.32 Å². The Labute approximate surface area is 181 Å². The lowest BCUT2D eigenvalue weighted by molar-refractivity contribution is -0.113. The monoisotopic (exact) mass is 443 g/mol. The fourth-order valence-electron chi connectivity index (χ4n) is 3.29. The zero-order valence-corrected chi connectivity index (χ0v) is 18.1. The van der Waals surface area contributed by atoms with Crippen molar-refractivity contribution in [3.05, 3.63) is 40.4 Å². The second-order valence-corrected chi connectivity index (χ2v) is 8.70. The van der Waals surface area contributed by atoms with Crippen LogP contribution in [0.4, 0.5) is 5.00 Å². The lowest BCUT2D eigenvalue weighted by Crippen LogP contribution is -2.17. The van der Waals surface area contributed by atoms with Crippen molar-refractivity contribution in [1.82, 2.24) is 20.2 Å². The van der Waals surface area contributed by atoms with Crippen molar-refractivity contribution < 1.29 is 14.3 Å². The number of aromatic nitrogens is 4. The number of aromatic amines is 1. The third-order valence-corrected chi connectivity index (χ3v) is 6.66. The minimum absolute atomic E-state index is 0.129. The highest BCUT2D eigenvalue weighted by Gasteiger charge is 2.27. The molecule has 0 aromatic carbocycles. The average Bonchev–Trinajstić information content (AvgIpc) is 3.37. The maximum atomic E-state index is 12.6. The predicted octanol–water partition coefficient (Wildman–Crippen LogP) is 3.71. The molecule has 3 heterocycles. The molecule has 0 unspecified atom stereocenters. The normalized spacial score (nSPS) is 13.0. The molecule has 156 valence electrons. The largest absolute Gasteiger partial charge is 0.462 e. The maximum absolute atomic E-state index is 12.6. The van der Waals surface area contributed by atoms with E-state index in [0.29, 0.717) is 33.8 Å². The van der Waals surface area contributed by atoms with E-state index >= 15 is 0 Å². The molecule has 10 heteroatoms. The highest BCUT2D eigenvalue weighted by molar-refractivity contribution is 7.99. The fraction of sp³-hybridized carbons (Fsp3) is 0.350. The third kappa shape index (κ3) is 4.54. The standard InChI is InChI=1S/C20H21N5O3S2/c1-2-28-19(27)16-12-7-3-4-9-14(12)30-18(16)22-15(26)11-29-20-23-17(24-25-20)13-8-5-6-10-21-13/h5-6,8,10H,2-4,7,9,11H2,1H3,(H,22,26)(H,23,24,25). The van der Waals surface area contributed by atoms with Crippen molar-refractivity contribution >= 4 is 40.0 Å². The molecule has 0 aliphatic heterocycles. The number of hydrogen-bond acceptors (Lipinski definition) is 8. The van der Waals surface area contributed by atoms with Crippen LogP contribution in [0.3, 0.4) is 0 Å². The van der Waals surface area contributed by atoms with Crippen LogP contribution in [0.1, 0.15) is 40.6 Å². The summed E-state index contributed by atoms with van der Waals surface area (Å²) in [5.41, 5.74) is 2.23. The Hall–Kier alpha value is -2.72.